The SMILES string of the molecule is O=C(Nc1cc(N2CC3(CCOCC3)C2)c(Cl)cc1F)Oc1ccccc1. The highest BCUT2D eigenvalue weighted by atomic mass is 35.5. The summed E-state index contributed by atoms with van der Waals surface area (Å²) in [5, 5.41) is 2.79. The molecule has 2 aliphatic heterocycles. The Labute approximate surface area is 162 Å². The average molecular weight is 391 g/mol. The van der Waals surface area contributed by atoms with E-state index >= 15 is 0 Å². The topological polar surface area (TPSA) is 50.8 Å². The summed E-state index contributed by atoms with van der Waals surface area (Å²) in [6, 6.07) is 11.4. The van der Waals surface area contributed by atoms with Crippen LogP contribution in [0, 0.1) is 11.2 Å². The van der Waals surface area contributed by atoms with Gasteiger partial charge in [-0.05, 0) is 37.1 Å². The minimum atomic E-state index is -0.752. The number of nitrogens with zero attached hydrogens (tertiary/aromatic N) is 1. The van der Waals surface area contributed by atoms with Gasteiger partial charge in [0.1, 0.15) is 11.6 Å². The van der Waals surface area contributed by atoms with Gasteiger partial charge in [-0.15, -0.1) is 0 Å². The van der Waals surface area contributed by atoms with Crippen LogP contribution in [-0.4, -0.2) is 32.4 Å². The summed E-state index contributed by atoms with van der Waals surface area (Å²) in [4.78, 5) is 14.2. The quantitative estimate of drug-likeness (QED) is 0.824. The first-order valence-electron chi connectivity index (χ1n) is 8.90. The van der Waals surface area contributed by atoms with E-state index in [0.717, 1.165) is 39.1 Å². The van der Waals surface area contributed by atoms with Gasteiger partial charge in [-0.25, -0.2) is 9.18 Å². The zero-order chi connectivity index (χ0) is 18.9. The van der Waals surface area contributed by atoms with Gasteiger partial charge in [-0.2, -0.15) is 0 Å². The molecule has 0 radical (unpaired) electrons. The van der Waals surface area contributed by atoms with Crippen LogP contribution in [0.25, 0.3) is 0 Å². The molecule has 5 nitrogen and oxygen atoms in total. The summed E-state index contributed by atoms with van der Waals surface area (Å²) in [5.41, 5.74) is 1.02. The number of rotatable bonds is 3. The lowest BCUT2D eigenvalue weighted by Gasteiger charge is -2.53. The second-order valence-corrected chi connectivity index (χ2v) is 7.49. The van der Waals surface area contributed by atoms with Crippen molar-refractivity contribution in [2.75, 3.05) is 36.5 Å². The molecule has 0 saturated carbocycles. The van der Waals surface area contributed by atoms with E-state index in [1.165, 1.54) is 6.07 Å². The Kier molecular flexibility index (Phi) is 4.93. The lowest BCUT2D eigenvalue weighted by Crippen LogP contribution is -2.58. The molecule has 2 aromatic carbocycles. The van der Waals surface area contributed by atoms with Crippen LogP contribution in [0.1, 0.15) is 12.8 Å². The van der Waals surface area contributed by atoms with Crippen molar-refractivity contribution in [3.05, 3.63) is 53.3 Å². The molecule has 7 heteroatoms. The number of amides is 1. The first-order valence-corrected chi connectivity index (χ1v) is 9.28. The molecule has 0 atom stereocenters. The van der Waals surface area contributed by atoms with E-state index in [0.29, 0.717) is 16.5 Å². The molecule has 0 bridgehead atoms. The molecule has 27 heavy (non-hydrogen) atoms. The number of para-hydroxylation sites is 1. The number of nitrogens with one attached hydrogen (secondary N) is 1. The van der Waals surface area contributed by atoms with Crippen molar-refractivity contribution in [3.63, 3.8) is 0 Å². The fraction of sp³-hybridized carbons (Fsp3) is 0.350. The van der Waals surface area contributed by atoms with E-state index in [-0.39, 0.29) is 11.1 Å². The number of ether oxygens (including phenoxy) is 2. The largest absolute Gasteiger partial charge is 0.417 e. The Morgan fingerprint density at radius 3 is 2.59 bits per heavy atom. The molecule has 0 unspecified atom stereocenters. The van der Waals surface area contributed by atoms with Crippen LogP contribution in [-0.2, 0) is 4.74 Å². The van der Waals surface area contributed by atoms with Gasteiger partial charge in [0.25, 0.3) is 0 Å². The predicted octanol–water partition coefficient (Wildman–Crippen LogP) is 4.71. The lowest BCUT2D eigenvalue weighted by atomic mass is 9.73. The number of carbonyl (C=O) groups is 1. The summed E-state index contributed by atoms with van der Waals surface area (Å²) in [7, 11) is 0. The van der Waals surface area contributed by atoms with Crippen LogP contribution >= 0.6 is 11.6 Å². The van der Waals surface area contributed by atoms with E-state index in [4.69, 9.17) is 21.1 Å². The fourth-order valence-corrected chi connectivity index (χ4v) is 3.93. The van der Waals surface area contributed by atoms with Crippen LogP contribution in [0.4, 0.5) is 20.6 Å². The van der Waals surface area contributed by atoms with Gasteiger partial charge < -0.3 is 14.4 Å². The first-order chi connectivity index (χ1) is 13.0. The Morgan fingerprint density at radius 2 is 1.89 bits per heavy atom. The molecule has 2 fully saturated rings. The van der Waals surface area contributed by atoms with Gasteiger partial charge in [0.2, 0.25) is 0 Å². The second-order valence-electron chi connectivity index (χ2n) is 7.08. The first kappa shape index (κ1) is 18.1. The highest BCUT2D eigenvalue weighted by molar-refractivity contribution is 6.33. The van der Waals surface area contributed by atoms with Gasteiger partial charge in [-0.3, -0.25) is 5.32 Å². The van der Waals surface area contributed by atoms with Crippen LogP contribution in [0.2, 0.25) is 5.02 Å². The summed E-state index contributed by atoms with van der Waals surface area (Å²) in [6.07, 6.45) is 1.30. The summed E-state index contributed by atoms with van der Waals surface area (Å²) in [5.74, 6) is -0.219. The third kappa shape index (κ3) is 3.87. The monoisotopic (exact) mass is 390 g/mol. The third-order valence-electron chi connectivity index (χ3n) is 5.17. The van der Waals surface area contributed by atoms with Crippen LogP contribution in [0.3, 0.4) is 0 Å². The molecule has 1 spiro atoms. The van der Waals surface area contributed by atoms with Crippen molar-refractivity contribution in [1.82, 2.24) is 0 Å². The van der Waals surface area contributed by atoms with E-state index in [2.05, 4.69) is 10.2 Å². The Morgan fingerprint density at radius 1 is 1.19 bits per heavy atom. The van der Waals surface area contributed by atoms with Crippen LogP contribution in [0.5, 0.6) is 5.75 Å². The van der Waals surface area contributed by atoms with E-state index in [1.54, 1.807) is 30.3 Å². The highest BCUT2D eigenvalue weighted by Gasteiger charge is 2.44. The second kappa shape index (κ2) is 7.37. The van der Waals surface area contributed by atoms with Crippen molar-refractivity contribution >= 4 is 29.1 Å². The van der Waals surface area contributed by atoms with Gasteiger partial charge in [-0.1, -0.05) is 29.8 Å². The van der Waals surface area contributed by atoms with Gasteiger partial charge in [0, 0.05) is 31.7 Å². The molecule has 0 aromatic heterocycles. The molecule has 2 heterocycles. The summed E-state index contributed by atoms with van der Waals surface area (Å²) < 4.78 is 24.9. The van der Waals surface area contributed by atoms with Crippen molar-refractivity contribution in [3.8, 4) is 5.75 Å². The Balaban J connectivity index is 1.46. The standard InChI is InChI=1S/C20H20ClFN2O3/c21-15-10-16(22)17(23-19(25)27-14-4-2-1-3-5-14)11-18(15)24-12-20(13-24)6-8-26-9-7-20/h1-5,10-11H,6-9,12-13H2,(H,23,25). The number of hydrogen-bond acceptors (Lipinski definition) is 4. The van der Waals surface area contributed by atoms with Crippen molar-refractivity contribution < 1.29 is 18.7 Å². The van der Waals surface area contributed by atoms with Gasteiger partial charge in [0.05, 0.1) is 16.4 Å². The smallest absolute Gasteiger partial charge is 0.410 e. The van der Waals surface area contributed by atoms with Crippen molar-refractivity contribution in [2.45, 2.75) is 12.8 Å². The molecule has 2 aromatic rings. The molecule has 142 valence electrons. The lowest BCUT2D eigenvalue weighted by molar-refractivity contribution is -0.000184. The summed E-state index contributed by atoms with van der Waals surface area (Å²) in [6.45, 7) is 3.28. The van der Waals surface area contributed by atoms with E-state index < -0.39 is 11.9 Å². The number of anilines is 2. The molecular formula is C20H20ClFN2O3. The van der Waals surface area contributed by atoms with Crippen LogP contribution in [0.15, 0.2) is 42.5 Å². The molecule has 1 amide bonds. The normalized spacial score (nSPS) is 18.1. The van der Waals surface area contributed by atoms with Crippen molar-refractivity contribution in [2.24, 2.45) is 5.41 Å². The van der Waals surface area contributed by atoms with Crippen molar-refractivity contribution in [1.29, 1.82) is 0 Å². The van der Waals surface area contributed by atoms with Gasteiger partial charge >= 0.3 is 6.09 Å². The number of carbonyl (C=O) groups excluding carboxylic acids is 1. The highest BCUT2D eigenvalue weighted by Crippen LogP contribution is 2.44. The maximum atomic E-state index is 14.3. The number of benzene rings is 2. The molecular weight excluding hydrogens is 371 g/mol. The third-order valence-corrected chi connectivity index (χ3v) is 5.48. The van der Waals surface area contributed by atoms with Gasteiger partial charge in [0.15, 0.2) is 0 Å². The predicted molar refractivity (Wildman–Crippen MR) is 102 cm³/mol. The maximum Gasteiger partial charge on any atom is 0.417 e. The molecule has 2 aliphatic rings. The fourth-order valence-electron chi connectivity index (χ4n) is 3.66. The minimum absolute atomic E-state index is 0.0447. The number of hydrogen-bond donors (Lipinski definition) is 1. The molecule has 2 saturated heterocycles. The minimum Gasteiger partial charge on any atom is -0.410 e. The molecule has 0 aliphatic carbocycles. The zero-order valence-electron chi connectivity index (χ0n) is 14.7. The van der Waals surface area contributed by atoms with Crippen LogP contribution < -0.4 is 15.0 Å². The number of halogens is 2. The molecule has 4 rings (SSSR count). The van der Waals surface area contributed by atoms with E-state index in [1.807, 2.05) is 6.07 Å². The Hall–Kier alpha value is -2.31. The maximum absolute atomic E-state index is 14.3. The zero-order valence-corrected chi connectivity index (χ0v) is 15.5. The average Bonchev–Trinajstić information content (AvgIpc) is 2.63. The van der Waals surface area contributed by atoms with E-state index in [9.17, 15) is 9.18 Å². The Bertz CT molecular complexity index is 833. The molecule has 1 N–H and O–H groups in total. The summed E-state index contributed by atoms with van der Waals surface area (Å²) >= 11 is 6.25.